The van der Waals surface area contributed by atoms with Crippen LogP contribution in [0.3, 0.4) is 0 Å². The molecule has 2 heterocycles. The molecule has 1 fully saturated rings. The molecule has 4 rings (SSSR count). The van der Waals surface area contributed by atoms with Crippen molar-refractivity contribution in [2.24, 2.45) is 0 Å². The summed E-state index contributed by atoms with van der Waals surface area (Å²) in [6.07, 6.45) is 10.8. The number of likely N-dealkylation sites (tertiary alicyclic amines) is 1. The highest BCUT2D eigenvalue weighted by atomic mass is 32.1. The summed E-state index contributed by atoms with van der Waals surface area (Å²) in [4.78, 5) is 52.8. The number of carbonyl (C=O) groups is 4. The average molecular weight is 654 g/mol. The second-order valence-electron chi connectivity index (χ2n) is 12.0. The van der Waals surface area contributed by atoms with Gasteiger partial charge in [-0.2, -0.15) is 0 Å². The van der Waals surface area contributed by atoms with Gasteiger partial charge in [0.15, 0.2) is 0 Å². The van der Waals surface area contributed by atoms with Crippen LogP contribution in [0.5, 0.6) is 5.75 Å². The van der Waals surface area contributed by atoms with Crippen molar-refractivity contribution < 1.29 is 38.2 Å². The number of likely N-dealkylation sites (N-methyl/N-ethyl adjacent to an activating group) is 1. The number of allylic oxidation sites excluding steroid dienone is 2. The number of anilines is 1. The molecule has 0 bridgehead atoms. The second-order valence-corrected chi connectivity index (χ2v) is 13.0. The molecule has 1 saturated heterocycles. The fourth-order valence-electron chi connectivity index (χ4n) is 6.04. The van der Waals surface area contributed by atoms with E-state index in [0.29, 0.717) is 5.56 Å². The molecule has 12 heteroatoms. The van der Waals surface area contributed by atoms with Gasteiger partial charge >= 0.3 is 18.0 Å². The summed E-state index contributed by atoms with van der Waals surface area (Å²) in [5.41, 5.74) is 2.46. The quantitative estimate of drug-likeness (QED) is 0.190. The highest BCUT2D eigenvalue weighted by Gasteiger charge is 2.34. The van der Waals surface area contributed by atoms with Crippen molar-refractivity contribution >= 4 is 40.2 Å². The maximum Gasteiger partial charge on any atom is 0.348 e. The van der Waals surface area contributed by atoms with Gasteiger partial charge in [-0.25, -0.2) is 14.4 Å². The van der Waals surface area contributed by atoms with Gasteiger partial charge in [-0.1, -0.05) is 30.4 Å². The maximum atomic E-state index is 13.8. The van der Waals surface area contributed by atoms with E-state index < -0.39 is 24.0 Å². The first-order valence-electron chi connectivity index (χ1n) is 15.8. The van der Waals surface area contributed by atoms with Crippen LogP contribution in [0.15, 0.2) is 48.1 Å². The van der Waals surface area contributed by atoms with Crippen LogP contribution in [0.4, 0.5) is 9.80 Å². The number of thiophene rings is 1. The van der Waals surface area contributed by atoms with E-state index in [1.54, 1.807) is 32.9 Å². The van der Waals surface area contributed by atoms with Crippen molar-refractivity contribution in [3.05, 3.63) is 69.6 Å². The SMILES string of the molecule is CCOC(=O)c1sc(NC(=O)N[C@@H](Cc2ccc(O)cc2)C(=O)N[C@H]2CCC[N+](C)(CC3=CCCC=C3)C2)c(C(=O)OCC)c1C. The molecule has 1 aliphatic carbocycles. The number of rotatable bonds is 12. The van der Waals surface area contributed by atoms with E-state index in [0.717, 1.165) is 66.7 Å². The number of hydrogen-bond acceptors (Lipinski definition) is 8. The number of carbonyl (C=O) groups excluding carboxylic acids is 4. The Balaban J connectivity index is 1.51. The minimum absolute atomic E-state index is 0.0618. The van der Waals surface area contributed by atoms with Gasteiger partial charge in [-0.3, -0.25) is 10.1 Å². The van der Waals surface area contributed by atoms with Crippen molar-refractivity contribution in [3.8, 4) is 5.75 Å². The summed E-state index contributed by atoms with van der Waals surface area (Å²) in [5.74, 6) is -1.53. The molecular weight excluding hydrogens is 608 g/mol. The second kappa shape index (κ2) is 15.9. The number of hydrogen-bond donors (Lipinski definition) is 4. The van der Waals surface area contributed by atoms with Gasteiger partial charge in [0.1, 0.15) is 28.2 Å². The third-order valence-corrected chi connectivity index (χ3v) is 9.39. The Hall–Kier alpha value is -4.16. The lowest BCUT2D eigenvalue weighted by molar-refractivity contribution is -0.910. The van der Waals surface area contributed by atoms with Crippen LogP contribution in [0.1, 0.15) is 70.7 Å². The number of piperidine rings is 1. The number of ether oxygens (including phenoxy) is 2. The predicted molar refractivity (Wildman–Crippen MR) is 177 cm³/mol. The van der Waals surface area contributed by atoms with Crippen molar-refractivity contribution in [1.29, 1.82) is 0 Å². The van der Waals surface area contributed by atoms with Gasteiger partial charge in [-0.15, -0.1) is 11.3 Å². The molecule has 0 spiro atoms. The van der Waals surface area contributed by atoms with Crippen LogP contribution in [0.2, 0.25) is 0 Å². The molecular formula is C34H45N4O7S+. The first-order valence-corrected chi connectivity index (χ1v) is 16.7. The van der Waals surface area contributed by atoms with Crippen LogP contribution in [0, 0.1) is 6.92 Å². The van der Waals surface area contributed by atoms with Crippen molar-refractivity contribution in [1.82, 2.24) is 10.6 Å². The number of aromatic hydroxyl groups is 1. The molecule has 1 unspecified atom stereocenters. The van der Waals surface area contributed by atoms with Gasteiger partial charge in [0.05, 0.1) is 45.0 Å². The van der Waals surface area contributed by atoms with Gasteiger partial charge in [0.2, 0.25) is 5.91 Å². The molecule has 0 radical (unpaired) electrons. The summed E-state index contributed by atoms with van der Waals surface area (Å²) in [6.45, 7) is 7.88. The molecule has 1 aromatic heterocycles. The highest BCUT2D eigenvalue weighted by Crippen LogP contribution is 2.34. The fourth-order valence-corrected chi connectivity index (χ4v) is 7.12. The minimum Gasteiger partial charge on any atom is -0.508 e. The minimum atomic E-state index is -0.967. The van der Waals surface area contributed by atoms with Crippen LogP contribution in [-0.4, -0.2) is 85.4 Å². The number of urea groups is 1. The number of amides is 3. The summed E-state index contributed by atoms with van der Waals surface area (Å²) >= 11 is 0.913. The zero-order chi connectivity index (χ0) is 33.3. The molecule has 3 amide bonds. The van der Waals surface area contributed by atoms with Crippen LogP contribution in [-0.2, 0) is 20.7 Å². The van der Waals surface area contributed by atoms with Gasteiger partial charge in [-0.05, 0) is 69.7 Å². The lowest BCUT2D eigenvalue weighted by Crippen LogP contribution is -2.60. The number of nitrogens with one attached hydrogen (secondary N) is 3. The van der Waals surface area contributed by atoms with Crippen LogP contribution >= 0.6 is 11.3 Å². The molecule has 0 saturated carbocycles. The van der Waals surface area contributed by atoms with Crippen molar-refractivity contribution in [3.63, 3.8) is 0 Å². The van der Waals surface area contributed by atoms with E-state index in [2.05, 4.69) is 41.2 Å². The first-order chi connectivity index (χ1) is 22.0. The molecule has 248 valence electrons. The van der Waals surface area contributed by atoms with Crippen LogP contribution in [0.25, 0.3) is 0 Å². The zero-order valence-electron chi connectivity index (χ0n) is 27.0. The average Bonchev–Trinajstić information content (AvgIpc) is 3.33. The van der Waals surface area contributed by atoms with E-state index in [4.69, 9.17) is 9.47 Å². The van der Waals surface area contributed by atoms with E-state index in [9.17, 15) is 24.3 Å². The van der Waals surface area contributed by atoms with Crippen LogP contribution < -0.4 is 16.0 Å². The molecule has 4 N–H and O–H groups in total. The summed E-state index contributed by atoms with van der Waals surface area (Å²) in [5, 5.41) is 18.5. The van der Waals surface area contributed by atoms with Crippen molar-refractivity contribution in [2.75, 3.05) is 45.2 Å². The molecule has 1 aliphatic heterocycles. The van der Waals surface area contributed by atoms with E-state index in [1.807, 2.05) is 0 Å². The monoisotopic (exact) mass is 653 g/mol. The number of quaternary nitrogens is 1. The Morgan fingerprint density at radius 3 is 2.46 bits per heavy atom. The Labute approximate surface area is 274 Å². The van der Waals surface area contributed by atoms with Crippen molar-refractivity contribution in [2.45, 2.75) is 65.0 Å². The Morgan fingerprint density at radius 1 is 1.07 bits per heavy atom. The fraction of sp³-hybridized carbons (Fsp3) is 0.471. The topological polar surface area (TPSA) is 143 Å². The Bertz CT molecular complexity index is 1480. The largest absolute Gasteiger partial charge is 0.508 e. The van der Waals surface area contributed by atoms with E-state index >= 15 is 0 Å². The lowest BCUT2D eigenvalue weighted by Gasteiger charge is -2.42. The lowest BCUT2D eigenvalue weighted by atomic mass is 9.99. The molecule has 11 nitrogen and oxygen atoms in total. The normalized spacial score (nSPS) is 19.8. The van der Waals surface area contributed by atoms with E-state index in [-0.39, 0.29) is 52.8 Å². The summed E-state index contributed by atoms with van der Waals surface area (Å²) < 4.78 is 11.1. The van der Waals surface area contributed by atoms with Gasteiger partial charge < -0.3 is 29.7 Å². The molecule has 2 aromatic rings. The zero-order valence-corrected chi connectivity index (χ0v) is 27.8. The smallest absolute Gasteiger partial charge is 0.348 e. The number of phenols is 1. The number of esters is 2. The predicted octanol–water partition coefficient (Wildman–Crippen LogP) is 4.85. The third kappa shape index (κ3) is 9.20. The summed E-state index contributed by atoms with van der Waals surface area (Å²) in [7, 11) is 2.22. The number of benzene rings is 1. The van der Waals surface area contributed by atoms with Gasteiger partial charge in [0.25, 0.3) is 0 Å². The maximum absolute atomic E-state index is 13.8. The highest BCUT2D eigenvalue weighted by molar-refractivity contribution is 7.18. The van der Waals surface area contributed by atoms with E-state index in [1.165, 1.54) is 17.7 Å². The third-order valence-electron chi connectivity index (χ3n) is 8.21. The van der Waals surface area contributed by atoms with Gasteiger partial charge in [0, 0.05) is 12.0 Å². The summed E-state index contributed by atoms with van der Waals surface area (Å²) in [6, 6.07) is 4.69. The Kier molecular flexibility index (Phi) is 12.0. The molecule has 1 aromatic carbocycles. The molecule has 46 heavy (non-hydrogen) atoms. The standard InChI is InChI=1S/C34H44N4O7S/c1-5-44-32(41)28-22(3)29(33(42)45-6-2)46-31(28)37-34(43)36-27(19-23-14-16-26(39)17-15-23)30(40)35-25-13-10-18-38(4,21-25)20-24-11-8-7-9-12-24/h8,11-12,14-17,25,27H,5-7,9-10,13,18-21H2,1-4H3,(H3-,35,36,37,39,40,41,42,43)/p+1/t25-,27-,38?/m0/s1. The Morgan fingerprint density at radius 2 is 1.78 bits per heavy atom. The molecule has 3 atom stereocenters. The number of nitrogens with zero attached hydrogens (tertiary/aromatic N) is 1. The number of phenolic OH excluding ortho intramolecular Hbond substituents is 1. The molecule has 2 aliphatic rings. The first kappa shape index (κ1) is 34.7.